The normalized spacial score (nSPS) is 10.0. The van der Waals surface area contributed by atoms with E-state index in [1.54, 1.807) is 12.1 Å². The van der Waals surface area contributed by atoms with Crippen LogP contribution < -0.4 is 4.74 Å². The van der Waals surface area contributed by atoms with E-state index in [4.69, 9.17) is 33.2 Å². The largest absolute Gasteiger partial charge is 0.449 e. The first-order chi connectivity index (χ1) is 9.93. The zero-order valence-electron chi connectivity index (χ0n) is 10.1. The number of hydrogen-bond acceptors (Lipinski definition) is 4. The van der Waals surface area contributed by atoms with Crippen LogP contribution in [0.2, 0.25) is 10.0 Å². The molecule has 2 rings (SSSR count). The minimum Gasteiger partial charge on any atom is -0.449 e. The van der Waals surface area contributed by atoms with Gasteiger partial charge in [0.25, 0.3) is 0 Å². The molecule has 0 saturated heterocycles. The number of benzene rings is 2. The fourth-order valence-electron chi connectivity index (χ4n) is 1.56. The molecule has 0 radical (unpaired) electrons. The lowest BCUT2D eigenvalue weighted by Gasteiger charge is -2.09. The molecule has 2 aromatic carbocycles. The van der Waals surface area contributed by atoms with E-state index in [-0.39, 0.29) is 32.8 Å². The molecule has 0 aliphatic heterocycles. The van der Waals surface area contributed by atoms with Crippen molar-refractivity contribution in [1.29, 1.82) is 5.26 Å². The van der Waals surface area contributed by atoms with Gasteiger partial charge in [0.2, 0.25) is 5.75 Å². The highest BCUT2D eigenvalue weighted by Gasteiger charge is 2.20. The van der Waals surface area contributed by atoms with Gasteiger partial charge in [-0.3, -0.25) is 10.1 Å². The zero-order chi connectivity index (χ0) is 15.6. The fraction of sp³-hybridized carbons (Fsp3) is 0. The zero-order valence-corrected chi connectivity index (χ0v) is 13.2. The van der Waals surface area contributed by atoms with E-state index in [1.165, 1.54) is 12.1 Å². The fourth-order valence-corrected chi connectivity index (χ4v) is 2.31. The smallest absolute Gasteiger partial charge is 0.313 e. The Morgan fingerprint density at radius 3 is 2.52 bits per heavy atom. The van der Waals surface area contributed by atoms with Crippen LogP contribution in [0.25, 0.3) is 0 Å². The van der Waals surface area contributed by atoms with Crippen LogP contribution in [0, 0.1) is 21.4 Å². The van der Waals surface area contributed by atoms with Gasteiger partial charge in [-0.25, -0.2) is 0 Å². The van der Waals surface area contributed by atoms with Gasteiger partial charge in [0, 0.05) is 16.6 Å². The van der Waals surface area contributed by atoms with E-state index in [2.05, 4.69) is 15.9 Å². The van der Waals surface area contributed by atoms with E-state index >= 15 is 0 Å². The van der Waals surface area contributed by atoms with Crippen LogP contribution >= 0.6 is 39.1 Å². The first-order valence-corrected chi connectivity index (χ1v) is 6.99. The number of nitro groups is 1. The van der Waals surface area contributed by atoms with Crippen molar-refractivity contribution in [2.24, 2.45) is 0 Å². The van der Waals surface area contributed by atoms with Gasteiger partial charge in [-0.2, -0.15) is 5.26 Å². The molecule has 0 bridgehead atoms. The highest BCUT2D eigenvalue weighted by Crippen LogP contribution is 2.39. The lowest BCUT2D eigenvalue weighted by Crippen LogP contribution is -1.95. The standard InChI is InChI=1S/C13H5BrCl2N2O3/c14-8-2-1-3-12(7(8)6-17)21-13-5-10(16)9(15)4-11(13)18(19)20/h1-5H. The van der Waals surface area contributed by atoms with Crippen molar-refractivity contribution in [3.05, 3.63) is 60.5 Å². The topological polar surface area (TPSA) is 76.2 Å². The van der Waals surface area contributed by atoms with Crippen LogP contribution in [0.4, 0.5) is 5.69 Å². The Labute approximate surface area is 137 Å². The molecule has 0 atom stereocenters. The second-order valence-electron chi connectivity index (χ2n) is 3.82. The quantitative estimate of drug-likeness (QED) is 0.526. The van der Waals surface area contributed by atoms with Crippen molar-refractivity contribution >= 4 is 44.8 Å². The third kappa shape index (κ3) is 3.27. The molecule has 0 aliphatic rings. The van der Waals surface area contributed by atoms with Crippen LogP contribution in [0.3, 0.4) is 0 Å². The summed E-state index contributed by atoms with van der Waals surface area (Å²) in [4.78, 5) is 10.4. The third-order valence-corrected chi connectivity index (χ3v) is 3.89. The van der Waals surface area contributed by atoms with E-state index < -0.39 is 4.92 Å². The van der Waals surface area contributed by atoms with Gasteiger partial charge in [-0.1, -0.05) is 29.3 Å². The van der Waals surface area contributed by atoms with Gasteiger partial charge >= 0.3 is 5.69 Å². The summed E-state index contributed by atoms with van der Waals surface area (Å²) in [5, 5.41) is 20.3. The second-order valence-corrected chi connectivity index (χ2v) is 5.49. The van der Waals surface area contributed by atoms with Gasteiger partial charge in [0.15, 0.2) is 0 Å². The van der Waals surface area contributed by atoms with Crippen molar-refractivity contribution in [3.63, 3.8) is 0 Å². The third-order valence-electron chi connectivity index (χ3n) is 2.51. The number of nitro benzene ring substituents is 1. The predicted octanol–water partition coefficient (Wildman–Crippen LogP) is 5.33. The molecule has 2 aromatic rings. The lowest BCUT2D eigenvalue weighted by atomic mass is 10.2. The summed E-state index contributed by atoms with van der Waals surface area (Å²) in [6.07, 6.45) is 0. The predicted molar refractivity (Wildman–Crippen MR) is 82.0 cm³/mol. The van der Waals surface area contributed by atoms with E-state index in [9.17, 15) is 10.1 Å². The summed E-state index contributed by atoms with van der Waals surface area (Å²) < 4.78 is 5.99. The Morgan fingerprint density at radius 1 is 1.24 bits per heavy atom. The molecule has 5 nitrogen and oxygen atoms in total. The molecule has 0 aromatic heterocycles. The van der Waals surface area contributed by atoms with Crippen LogP contribution in [-0.2, 0) is 0 Å². The molecule has 0 saturated carbocycles. The Balaban J connectivity index is 2.55. The number of rotatable bonds is 3. The minimum atomic E-state index is -0.637. The van der Waals surface area contributed by atoms with E-state index in [0.29, 0.717) is 4.47 Å². The number of halogens is 3. The Morgan fingerprint density at radius 2 is 1.90 bits per heavy atom. The Hall–Kier alpha value is -1.81. The van der Waals surface area contributed by atoms with Crippen molar-refractivity contribution in [2.75, 3.05) is 0 Å². The SMILES string of the molecule is N#Cc1c(Br)cccc1Oc1cc(Cl)c(Cl)cc1[N+](=O)[O-]. The second kappa shape index (κ2) is 6.31. The Kier molecular flexibility index (Phi) is 4.68. The van der Waals surface area contributed by atoms with Gasteiger partial charge in [-0.15, -0.1) is 0 Å². The van der Waals surface area contributed by atoms with Crippen LogP contribution in [0.15, 0.2) is 34.8 Å². The monoisotopic (exact) mass is 386 g/mol. The van der Waals surface area contributed by atoms with E-state index in [1.807, 2.05) is 6.07 Å². The first-order valence-electron chi connectivity index (χ1n) is 5.44. The molecule has 106 valence electrons. The average Bonchev–Trinajstić information content (AvgIpc) is 2.42. The molecular formula is C13H5BrCl2N2O3. The van der Waals surface area contributed by atoms with Gasteiger partial charge in [0.05, 0.1) is 15.0 Å². The molecule has 8 heteroatoms. The van der Waals surface area contributed by atoms with Crippen molar-refractivity contribution in [2.45, 2.75) is 0 Å². The van der Waals surface area contributed by atoms with Crippen molar-refractivity contribution in [3.8, 4) is 17.6 Å². The molecule has 0 N–H and O–H groups in total. The number of nitriles is 1. The van der Waals surface area contributed by atoms with Gasteiger partial charge in [-0.05, 0) is 28.1 Å². The maximum absolute atomic E-state index is 11.0. The summed E-state index contributed by atoms with van der Waals surface area (Å²) >= 11 is 14.8. The number of hydrogen-bond donors (Lipinski definition) is 0. The summed E-state index contributed by atoms with van der Waals surface area (Å²) in [5.74, 6) is 0.0809. The number of nitrogens with zero attached hydrogens (tertiary/aromatic N) is 2. The molecule has 0 heterocycles. The first kappa shape index (κ1) is 15.6. The molecular weight excluding hydrogens is 383 g/mol. The average molecular weight is 388 g/mol. The summed E-state index contributed by atoms with van der Waals surface area (Å²) in [6.45, 7) is 0. The van der Waals surface area contributed by atoms with Crippen molar-refractivity contribution in [1.82, 2.24) is 0 Å². The molecule has 21 heavy (non-hydrogen) atoms. The van der Waals surface area contributed by atoms with E-state index in [0.717, 1.165) is 6.07 Å². The summed E-state index contributed by atoms with van der Waals surface area (Å²) in [5.41, 5.74) is -0.119. The maximum atomic E-state index is 11.0. The van der Waals surface area contributed by atoms with Crippen LogP contribution in [0.1, 0.15) is 5.56 Å². The van der Waals surface area contributed by atoms with Gasteiger partial charge in [0.1, 0.15) is 17.4 Å². The van der Waals surface area contributed by atoms with Crippen molar-refractivity contribution < 1.29 is 9.66 Å². The molecule has 0 fully saturated rings. The summed E-state index contributed by atoms with van der Waals surface area (Å²) in [7, 11) is 0. The Bertz CT molecular complexity index is 775. The highest BCUT2D eigenvalue weighted by molar-refractivity contribution is 9.10. The molecule has 0 spiro atoms. The molecule has 0 unspecified atom stereocenters. The molecule has 0 aliphatic carbocycles. The highest BCUT2D eigenvalue weighted by atomic mass is 79.9. The van der Waals surface area contributed by atoms with Crippen LogP contribution in [-0.4, -0.2) is 4.92 Å². The molecule has 0 amide bonds. The van der Waals surface area contributed by atoms with Crippen LogP contribution in [0.5, 0.6) is 11.5 Å². The lowest BCUT2D eigenvalue weighted by molar-refractivity contribution is -0.385. The number of ether oxygens (including phenoxy) is 1. The summed E-state index contributed by atoms with van der Waals surface area (Å²) in [6, 6.07) is 9.13. The van der Waals surface area contributed by atoms with Gasteiger partial charge < -0.3 is 4.74 Å². The maximum Gasteiger partial charge on any atom is 0.313 e. The minimum absolute atomic E-state index is 0.0467.